The van der Waals surface area contributed by atoms with Crippen LogP contribution >= 0.6 is 0 Å². The number of hydrogen-bond acceptors (Lipinski definition) is 8. The number of methoxy groups -OCH3 is 2. The lowest BCUT2D eigenvalue weighted by molar-refractivity contribution is -0.193. The Morgan fingerprint density at radius 3 is 2.18 bits per heavy atom. The molecule has 0 unspecified atom stereocenters. The van der Waals surface area contributed by atoms with E-state index < -0.39 is 50.3 Å². The zero-order valence-corrected chi connectivity index (χ0v) is 21.6. The third kappa shape index (κ3) is 6.88. The highest BCUT2D eigenvalue weighted by Crippen LogP contribution is 2.38. The van der Waals surface area contributed by atoms with Gasteiger partial charge >= 0.3 is 17.9 Å². The Morgan fingerprint density at radius 2 is 1.67 bits per heavy atom. The van der Waals surface area contributed by atoms with Crippen LogP contribution in [-0.4, -0.2) is 59.3 Å². The van der Waals surface area contributed by atoms with Gasteiger partial charge in [0.2, 0.25) is 0 Å². The molecule has 9 heteroatoms. The standard InChI is InChI=1S/C24H36O8Si/c1-24(2,3)33(6,7)31-15-18-21(30-14-16-11-9-8-10-12-16)17(13-19(25)32-18)20(22(26)28-4)23(27)29-5/h8-12,17-18,20-21H,13-15H2,1-7H3/t17-,18-,21-/m0/s1. The van der Waals surface area contributed by atoms with E-state index in [2.05, 4.69) is 33.9 Å². The normalized spacial score (nSPS) is 21.5. The average molecular weight is 481 g/mol. The maximum absolute atomic E-state index is 12.5. The van der Waals surface area contributed by atoms with Crippen molar-refractivity contribution >= 4 is 26.2 Å². The van der Waals surface area contributed by atoms with E-state index in [9.17, 15) is 14.4 Å². The lowest BCUT2D eigenvalue weighted by Gasteiger charge is -2.42. The molecule has 1 aromatic carbocycles. The van der Waals surface area contributed by atoms with E-state index in [1.807, 2.05) is 30.3 Å². The molecule has 184 valence electrons. The van der Waals surface area contributed by atoms with Crippen LogP contribution in [0, 0.1) is 11.8 Å². The van der Waals surface area contributed by atoms with Crippen molar-refractivity contribution in [3.63, 3.8) is 0 Å². The number of ether oxygens (including phenoxy) is 4. The zero-order valence-electron chi connectivity index (χ0n) is 20.6. The summed E-state index contributed by atoms with van der Waals surface area (Å²) in [4.78, 5) is 37.6. The summed E-state index contributed by atoms with van der Waals surface area (Å²) in [5, 5.41) is -0.0496. The van der Waals surface area contributed by atoms with Gasteiger partial charge in [-0.2, -0.15) is 0 Å². The van der Waals surface area contributed by atoms with Crippen molar-refractivity contribution in [3.8, 4) is 0 Å². The van der Waals surface area contributed by atoms with Crippen molar-refractivity contribution in [3.05, 3.63) is 35.9 Å². The van der Waals surface area contributed by atoms with Crippen molar-refractivity contribution in [1.29, 1.82) is 0 Å². The van der Waals surface area contributed by atoms with Crippen molar-refractivity contribution in [2.45, 2.75) is 64.1 Å². The van der Waals surface area contributed by atoms with Gasteiger partial charge in [-0.05, 0) is 23.7 Å². The molecule has 3 atom stereocenters. The summed E-state index contributed by atoms with van der Waals surface area (Å²) in [6.07, 6.45) is -1.73. The zero-order chi connectivity index (χ0) is 24.8. The van der Waals surface area contributed by atoms with Crippen LogP contribution in [0.3, 0.4) is 0 Å². The first-order valence-electron chi connectivity index (χ1n) is 11.1. The molecular formula is C24H36O8Si. The highest BCUT2D eigenvalue weighted by atomic mass is 28.4. The molecule has 1 aliphatic heterocycles. The molecule has 33 heavy (non-hydrogen) atoms. The monoisotopic (exact) mass is 480 g/mol. The Hall–Kier alpha value is -2.23. The number of cyclic esters (lactones) is 1. The van der Waals surface area contributed by atoms with Crippen LogP contribution in [0.4, 0.5) is 0 Å². The minimum absolute atomic E-state index is 0.0496. The van der Waals surface area contributed by atoms with Crippen molar-refractivity contribution < 1.29 is 37.8 Å². The number of carbonyl (C=O) groups is 3. The lowest BCUT2D eigenvalue weighted by Crippen LogP contribution is -2.54. The molecule has 0 bridgehead atoms. The maximum atomic E-state index is 12.5. The fourth-order valence-corrected chi connectivity index (χ4v) is 4.52. The molecule has 1 aliphatic rings. The third-order valence-corrected chi connectivity index (χ3v) is 11.0. The van der Waals surface area contributed by atoms with Gasteiger partial charge in [-0.1, -0.05) is 51.1 Å². The van der Waals surface area contributed by atoms with Gasteiger partial charge < -0.3 is 23.4 Å². The first kappa shape index (κ1) is 27.0. The van der Waals surface area contributed by atoms with Crippen LogP contribution in [0.25, 0.3) is 0 Å². The minimum atomic E-state index is -2.16. The summed E-state index contributed by atoms with van der Waals surface area (Å²) >= 11 is 0. The van der Waals surface area contributed by atoms with Gasteiger partial charge in [-0.3, -0.25) is 14.4 Å². The molecule has 0 amide bonds. The summed E-state index contributed by atoms with van der Waals surface area (Å²) < 4.78 is 27.9. The van der Waals surface area contributed by atoms with E-state index in [0.29, 0.717) is 0 Å². The van der Waals surface area contributed by atoms with E-state index in [1.165, 1.54) is 14.2 Å². The predicted molar refractivity (Wildman–Crippen MR) is 124 cm³/mol. The van der Waals surface area contributed by atoms with Crippen LogP contribution in [-0.2, 0) is 44.4 Å². The maximum Gasteiger partial charge on any atom is 0.320 e. The molecule has 0 radical (unpaired) electrons. The first-order valence-corrected chi connectivity index (χ1v) is 14.0. The predicted octanol–water partition coefficient (Wildman–Crippen LogP) is 3.49. The smallest absolute Gasteiger partial charge is 0.320 e. The number of rotatable bonds is 9. The summed E-state index contributed by atoms with van der Waals surface area (Å²) in [5.41, 5.74) is 0.907. The Kier molecular flexibility index (Phi) is 9.22. The average Bonchev–Trinajstić information content (AvgIpc) is 2.76. The second-order valence-corrected chi connectivity index (χ2v) is 14.6. The Labute approximate surface area is 197 Å². The lowest BCUT2D eigenvalue weighted by atomic mass is 9.80. The molecule has 0 N–H and O–H groups in total. The summed E-state index contributed by atoms with van der Waals surface area (Å²) in [7, 11) is 0.219. The van der Waals surface area contributed by atoms with E-state index in [1.54, 1.807) is 0 Å². The Balaban J connectivity index is 2.36. The van der Waals surface area contributed by atoms with Crippen molar-refractivity contribution in [2.75, 3.05) is 20.8 Å². The minimum Gasteiger partial charge on any atom is -0.468 e. The largest absolute Gasteiger partial charge is 0.468 e. The van der Waals surface area contributed by atoms with Crippen LogP contribution in [0.1, 0.15) is 32.8 Å². The fourth-order valence-electron chi connectivity index (χ4n) is 3.51. The van der Waals surface area contributed by atoms with Gasteiger partial charge in [0.1, 0.15) is 6.10 Å². The van der Waals surface area contributed by atoms with E-state index in [4.69, 9.17) is 23.4 Å². The second-order valence-electron chi connectivity index (χ2n) is 9.75. The van der Waals surface area contributed by atoms with E-state index in [-0.39, 0.29) is 24.7 Å². The summed E-state index contributed by atoms with van der Waals surface area (Å²) in [5.74, 6) is -4.22. The molecule has 1 heterocycles. The molecule has 8 nitrogen and oxygen atoms in total. The molecule has 0 aliphatic carbocycles. The molecule has 0 spiro atoms. The molecular weight excluding hydrogens is 444 g/mol. The number of hydrogen-bond donors (Lipinski definition) is 0. The van der Waals surface area contributed by atoms with Crippen molar-refractivity contribution in [2.24, 2.45) is 11.8 Å². The molecule has 0 aromatic heterocycles. The molecule has 1 saturated heterocycles. The highest BCUT2D eigenvalue weighted by molar-refractivity contribution is 6.74. The number of carbonyl (C=O) groups excluding carboxylic acids is 3. The quantitative estimate of drug-likeness (QED) is 0.229. The van der Waals surface area contributed by atoms with Gasteiger partial charge in [-0.25, -0.2) is 0 Å². The van der Waals surface area contributed by atoms with E-state index in [0.717, 1.165) is 5.56 Å². The van der Waals surface area contributed by atoms with Crippen LogP contribution < -0.4 is 0 Å². The Morgan fingerprint density at radius 1 is 1.09 bits per heavy atom. The molecule has 1 fully saturated rings. The Bertz CT molecular complexity index is 802. The van der Waals surface area contributed by atoms with Gasteiger partial charge in [0.15, 0.2) is 20.3 Å². The van der Waals surface area contributed by atoms with E-state index >= 15 is 0 Å². The SMILES string of the molecule is COC(=O)C(C(=O)OC)[C@@H]1CC(=O)O[C@@H](CO[Si](C)(C)C(C)(C)C)[C@H]1OCc1ccccc1. The first-order chi connectivity index (χ1) is 15.4. The number of benzene rings is 1. The van der Waals surface area contributed by atoms with Crippen LogP contribution in [0.15, 0.2) is 30.3 Å². The molecule has 0 saturated carbocycles. The van der Waals surface area contributed by atoms with Gasteiger partial charge in [0.25, 0.3) is 0 Å². The third-order valence-electron chi connectivity index (χ3n) is 6.51. The van der Waals surface area contributed by atoms with Gasteiger partial charge in [-0.15, -0.1) is 0 Å². The topological polar surface area (TPSA) is 97.4 Å². The summed E-state index contributed by atoms with van der Waals surface area (Å²) in [6.45, 7) is 10.9. The van der Waals surface area contributed by atoms with Gasteiger partial charge in [0.05, 0.1) is 33.9 Å². The van der Waals surface area contributed by atoms with Crippen molar-refractivity contribution in [1.82, 2.24) is 0 Å². The molecule has 2 rings (SSSR count). The second kappa shape index (κ2) is 11.3. The van der Waals surface area contributed by atoms with Gasteiger partial charge in [0, 0.05) is 5.92 Å². The fraction of sp³-hybridized carbons (Fsp3) is 0.625. The van der Waals surface area contributed by atoms with Crippen LogP contribution in [0.5, 0.6) is 0 Å². The number of esters is 3. The highest BCUT2D eigenvalue weighted by Gasteiger charge is 2.50. The summed E-state index contributed by atoms with van der Waals surface area (Å²) in [6, 6.07) is 9.49. The van der Waals surface area contributed by atoms with Crippen LogP contribution in [0.2, 0.25) is 18.1 Å². The molecule has 1 aromatic rings.